The molecule has 9 heteroatoms. The van der Waals surface area contributed by atoms with Gasteiger partial charge in [-0.1, -0.05) is 19.3 Å². The molecule has 0 heterocycles. The molecular weight excluding hydrogens is 304 g/mol. The number of nitro benzene ring substituents is 2. The number of nitro groups is 2. The first-order chi connectivity index (χ1) is 10.9. The van der Waals surface area contributed by atoms with Gasteiger partial charge in [0.2, 0.25) is 0 Å². The molecule has 0 unspecified atom stereocenters. The molecule has 0 spiro atoms. The average molecular weight is 318 g/mol. The maximum absolute atomic E-state index is 12.3. The van der Waals surface area contributed by atoms with E-state index in [2.05, 4.69) is 11.4 Å². The number of nitriles is 1. The predicted octanol–water partition coefficient (Wildman–Crippen LogP) is 2.46. The molecule has 1 aromatic rings. The van der Waals surface area contributed by atoms with E-state index in [1.165, 1.54) is 0 Å². The summed E-state index contributed by atoms with van der Waals surface area (Å²) in [7, 11) is 0. The van der Waals surface area contributed by atoms with E-state index in [-0.39, 0.29) is 5.56 Å². The molecule has 0 aliphatic heterocycles. The van der Waals surface area contributed by atoms with Crippen molar-refractivity contribution in [3.8, 4) is 6.07 Å². The van der Waals surface area contributed by atoms with Gasteiger partial charge in [0.1, 0.15) is 5.54 Å². The molecule has 1 aromatic carbocycles. The van der Waals surface area contributed by atoms with E-state index >= 15 is 0 Å². The summed E-state index contributed by atoms with van der Waals surface area (Å²) in [5.74, 6) is -0.722. The Balaban J connectivity index is 2.33. The summed E-state index contributed by atoms with van der Waals surface area (Å²) in [6.45, 7) is 0. The summed E-state index contributed by atoms with van der Waals surface area (Å²) in [5.41, 5.74) is -2.31. The highest BCUT2D eigenvalue weighted by atomic mass is 16.6. The number of benzene rings is 1. The van der Waals surface area contributed by atoms with E-state index in [0.717, 1.165) is 37.5 Å². The average Bonchev–Trinajstić information content (AvgIpc) is 2.55. The van der Waals surface area contributed by atoms with Crippen molar-refractivity contribution >= 4 is 17.3 Å². The molecule has 0 bridgehead atoms. The van der Waals surface area contributed by atoms with Crippen molar-refractivity contribution in [1.82, 2.24) is 5.32 Å². The van der Waals surface area contributed by atoms with Gasteiger partial charge in [0, 0.05) is 12.1 Å². The highest BCUT2D eigenvalue weighted by Crippen LogP contribution is 2.29. The van der Waals surface area contributed by atoms with Crippen LogP contribution >= 0.6 is 0 Å². The Kier molecular flexibility index (Phi) is 4.55. The standard InChI is InChI=1S/C14H14N4O5/c15-9-14(4-2-1-3-5-14)16-13(19)10-6-11(17(20)21)8-12(7-10)18(22)23/h6-8H,1-5H2,(H,16,19). The van der Waals surface area contributed by atoms with Gasteiger partial charge >= 0.3 is 0 Å². The summed E-state index contributed by atoms with van der Waals surface area (Å²) < 4.78 is 0. The number of hydrogen-bond acceptors (Lipinski definition) is 6. The van der Waals surface area contributed by atoms with Crippen LogP contribution in [0.5, 0.6) is 0 Å². The smallest absolute Gasteiger partial charge is 0.277 e. The summed E-state index contributed by atoms with van der Waals surface area (Å²) in [6, 6.07) is 4.82. The number of non-ortho nitro benzene ring substituents is 2. The molecule has 0 aromatic heterocycles. The van der Waals surface area contributed by atoms with Crippen LogP contribution in [0.4, 0.5) is 11.4 Å². The van der Waals surface area contributed by atoms with Gasteiger partial charge in [0.25, 0.3) is 17.3 Å². The summed E-state index contributed by atoms with van der Waals surface area (Å²) in [6.07, 6.45) is 3.55. The molecule has 0 radical (unpaired) electrons. The quantitative estimate of drug-likeness (QED) is 0.668. The van der Waals surface area contributed by atoms with Crippen molar-refractivity contribution in [2.24, 2.45) is 0 Å². The zero-order chi connectivity index (χ0) is 17.0. The third-order valence-corrected chi connectivity index (χ3v) is 3.86. The number of rotatable bonds is 4. The maximum Gasteiger partial charge on any atom is 0.277 e. The maximum atomic E-state index is 12.3. The van der Waals surface area contributed by atoms with E-state index in [9.17, 15) is 30.3 Å². The Morgan fingerprint density at radius 1 is 1.09 bits per heavy atom. The Morgan fingerprint density at radius 2 is 1.61 bits per heavy atom. The third-order valence-electron chi connectivity index (χ3n) is 3.86. The van der Waals surface area contributed by atoms with Crippen LogP contribution in [0.3, 0.4) is 0 Å². The van der Waals surface area contributed by atoms with Gasteiger partial charge < -0.3 is 5.32 Å². The second kappa shape index (κ2) is 6.39. The van der Waals surface area contributed by atoms with Crippen molar-refractivity contribution in [1.29, 1.82) is 5.26 Å². The van der Waals surface area contributed by atoms with Gasteiger partial charge in [-0.25, -0.2) is 0 Å². The fourth-order valence-electron chi connectivity index (χ4n) is 2.65. The monoisotopic (exact) mass is 318 g/mol. The minimum Gasteiger partial charge on any atom is -0.334 e. The van der Waals surface area contributed by atoms with Crippen LogP contribution in [-0.2, 0) is 0 Å². The first-order valence-corrected chi connectivity index (χ1v) is 7.04. The Bertz CT molecular complexity index is 671. The highest BCUT2D eigenvalue weighted by Gasteiger charge is 2.34. The number of hydrogen-bond donors (Lipinski definition) is 1. The lowest BCUT2D eigenvalue weighted by Crippen LogP contribution is -2.48. The Labute approximate surface area is 131 Å². The van der Waals surface area contributed by atoms with Gasteiger partial charge in [-0.3, -0.25) is 25.0 Å². The highest BCUT2D eigenvalue weighted by molar-refractivity contribution is 5.96. The molecule has 23 heavy (non-hydrogen) atoms. The zero-order valence-corrected chi connectivity index (χ0v) is 12.2. The van der Waals surface area contributed by atoms with Gasteiger partial charge in [0.05, 0.1) is 27.5 Å². The van der Waals surface area contributed by atoms with Gasteiger partial charge in [0.15, 0.2) is 0 Å². The van der Waals surface area contributed by atoms with Crippen molar-refractivity contribution in [2.75, 3.05) is 0 Å². The molecular formula is C14H14N4O5. The van der Waals surface area contributed by atoms with E-state index in [1.807, 2.05) is 0 Å². The van der Waals surface area contributed by atoms with E-state index in [0.29, 0.717) is 12.8 Å². The first kappa shape index (κ1) is 16.4. The SMILES string of the molecule is N#CC1(NC(=O)c2cc([N+](=O)[O-])cc([N+](=O)[O-])c2)CCCCC1. The third kappa shape index (κ3) is 3.60. The van der Waals surface area contributed by atoms with Crippen molar-refractivity contribution in [3.05, 3.63) is 44.0 Å². The molecule has 1 saturated carbocycles. The van der Waals surface area contributed by atoms with Crippen LogP contribution in [-0.4, -0.2) is 21.3 Å². The molecule has 0 atom stereocenters. The lowest BCUT2D eigenvalue weighted by Gasteiger charge is -2.31. The van der Waals surface area contributed by atoms with Gasteiger partial charge in [-0.05, 0) is 12.8 Å². The minimum absolute atomic E-state index is 0.203. The lowest BCUT2D eigenvalue weighted by atomic mass is 9.82. The molecule has 2 rings (SSSR count). The first-order valence-electron chi connectivity index (χ1n) is 7.04. The number of amides is 1. The molecule has 1 amide bonds. The second-order valence-corrected chi connectivity index (χ2v) is 5.46. The number of nitrogens with one attached hydrogen (secondary N) is 1. The molecule has 120 valence electrons. The van der Waals surface area contributed by atoms with E-state index in [1.54, 1.807) is 0 Å². The Hall–Kier alpha value is -3.02. The van der Waals surface area contributed by atoms with Crippen LogP contribution in [0.2, 0.25) is 0 Å². The topological polar surface area (TPSA) is 139 Å². The van der Waals surface area contributed by atoms with E-state index in [4.69, 9.17) is 0 Å². The minimum atomic E-state index is -1.02. The van der Waals surface area contributed by atoms with Crippen LogP contribution in [0.1, 0.15) is 42.5 Å². The fraction of sp³-hybridized carbons (Fsp3) is 0.429. The molecule has 1 fully saturated rings. The van der Waals surface area contributed by atoms with Crippen molar-refractivity contribution < 1.29 is 14.6 Å². The number of nitrogens with zero attached hydrogens (tertiary/aromatic N) is 3. The molecule has 1 aliphatic carbocycles. The fourth-order valence-corrected chi connectivity index (χ4v) is 2.65. The summed E-state index contributed by atoms with van der Waals surface area (Å²) in [4.78, 5) is 32.4. The normalized spacial score (nSPS) is 16.1. The second-order valence-electron chi connectivity index (χ2n) is 5.46. The summed E-state index contributed by atoms with van der Waals surface area (Å²) in [5, 5.41) is 33.6. The number of carbonyl (C=O) groups is 1. The van der Waals surface area contributed by atoms with Crippen LogP contribution in [0.25, 0.3) is 0 Å². The van der Waals surface area contributed by atoms with Gasteiger partial charge in [-0.15, -0.1) is 0 Å². The molecule has 1 aliphatic rings. The van der Waals surface area contributed by atoms with Gasteiger partial charge in [-0.2, -0.15) is 5.26 Å². The zero-order valence-electron chi connectivity index (χ0n) is 12.2. The van der Waals surface area contributed by atoms with Crippen LogP contribution in [0, 0.1) is 31.6 Å². The Morgan fingerprint density at radius 3 is 2.04 bits per heavy atom. The van der Waals surface area contributed by atoms with Crippen LogP contribution < -0.4 is 5.32 Å². The molecule has 1 N–H and O–H groups in total. The largest absolute Gasteiger partial charge is 0.334 e. The molecule has 0 saturated heterocycles. The van der Waals surface area contributed by atoms with E-state index < -0.39 is 32.7 Å². The number of carbonyl (C=O) groups excluding carboxylic acids is 1. The predicted molar refractivity (Wildman–Crippen MR) is 78.6 cm³/mol. The summed E-state index contributed by atoms with van der Waals surface area (Å²) >= 11 is 0. The van der Waals surface area contributed by atoms with Crippen molar-refractivity contribution in [3.63, 3.8) is 0 Å². The lowest BCUT2D eigenvalue weighted by molar-refractivity contribution is -0.394. The van der Waals surface area contributed by atoms with Crippen LogP contribution in [0.15, 0.2) is 18.2 Å². The van der Waals surface area contributed by atoms with Crippen molar-refractivity contribution in [2.45, 2.75) is 37.6 Å². The molecule has 9 nitrogen and oxygen atoms in total.